The topological polar surface area (TPSA) is 38.5 Å². The fourth-order valence-electron chi connectivity index (χ4n) is 1.56. The number of nitrogens with one attached hydrogen (secondary N) is 1. The number of aliphatic imine (C=N–C) groups is 2. The summed E-state index contributed by atoms with van der Waals surface area (Å²) in [5.74, 6) is 0.899. The van der Waals surface area contributed by atoms with Crippen LogP contribution in [0.15, 0.2) is 35.5 Å². The Labute approximate surface area is 75.5 Å². The molecule has 0 aromatic heterocycles. The van der Waals surface area contributed by atoms with Gasteiger partial charge in [-0.25, -0.2) is 10.3 Å². The van der Waals surface area contributed by atoms with E-state index < -0.39 is 0 Å². The summed E-state index contributed by atoms with van der Waals surface area (Å²) in [6.07, 6.45) is 3.48. The lowest BCUT2D eigenvalue weighted by atomic mass is 10.1. The van der Waals surface area contributed by atoms with Crippen LogP contribution >= 0.6 is 0 Å². The van der Waals surface area contributed by atoms with E-state index in [1.807, 2.05) is 24.4 Å². The molecule has 3 rings (SSSR count). The molecule has 0 amide bonds. The highest BCUT2D eigenvalue weighted by Gasteiger charge is 2.29. The number of rotatable bonds is 0. The molecule has 0 saturated heterocycles. The standard InChI is InChI=1S/C10H7N3/c1-2-4-9-7(3-1)8-5-11-6-12-10(8)13-9/h1-6H,(H,11,12)/q+1. The van der Waals surface area contributed by atoms with Crippen LogP contribution in [-0.4, -0.2) is 12.2 Å². The van der Waals surface area contributed by atoms with E-state index in [0.29, 0.717) is 0 Å². The summed E-state index contributed by atoms with van der Waals surface area (Å²) in [7, 11) is 0. The Kier molecular flexibility index (Phi) is 1.16. The smallest absolute Gasteiger partial charge is 0.227 e. The van der Waals surface area contributed by atoms with Crippen molar-refractivity contribution >= 4 is 23.4 Å². The van der Waals surface area contributed by atoms with E-state index in [4.69, 9.17) is 0 Å². The van der Waals surface area contributed by atoms with E-state index in [1.54, 1.807) is 6.34 Å². The molecule has 3 heteroatoms. The van der Waals surface area contributed by atoms with Gasteiger partial charge in [0.15, 0.2) is 12.0 Å². The van der Waals surface area contributed by atoms with Gasteiger partial charge in [-0.2, -0.15) is 0 Å². The molecule has 1 N–H and O–H groups in total. The lowest BCUT2D eigenvalue weighted by Gasteiger charge is -1.98. The summed E-state index contributed by atoms with van der Waals surface area (Å²) in [6, 6.07) is 8.06. The molecule has 2 heterocycles. The summed E-state index contributed by atoms with van der Waals surface area (Å²) >= 11 is 0. The first-order valence-corrected chi connectivity index (χ1v) is 4.12. The van der Waals surface area contributed by atoms with Crippen molar-refractivity contribution in [1.29, 1.82) is 0 Å². The molecule has 61 valence electrons. The van der Waals surface area contributed by atoms with Crippen LogP contribution in [0.25, 0.3) is 5.57 Å². The van der Waals surface area contributed by atoms with E-state index >= 15 is 0 Å². The zero-order valence-electron chi connectivity index (χ0n) is 6.86. The van der Waals surface area contributed by atoms with Crippen molar-refractivity contribution in [1.82, 2.24) is 10.3 Å². The van der Waals surface area contributed by atoms with Gasteiger partial charge in [0.1, 0.15) is 0 Å². The van der Waals surface area contributed by atoms with Crippen molar-refractivity contribution in [3.8, 4) is 0 Å². The fraction of sp³-hybridized carbons (Fsp3) is 0. The van der Waals surface area contributed by atoms with Gasteiger partial charge in [0.25, 0.3) is 0 Å². The van der Waals surface area contributed by atoms with Crippen molar-refractivity contribution in [2.75, 3.05) is 0 Å². The van der Waals surface area contributed by atoms with E-state index in [9.17, 15) is 0 Å². The highest BCUT2D eigenvalue weighted by atomic mass is 15.1. The number of hydrogen-bond donors (Lipinski definition) is 1. The zero-order valence-corrected chi connectivity index (χ0v) is 6.86. The second kappa shape index (κ2) is 2.29. The molecule has 2 aliphatic heterocycles. The predicted octanol–water partition coefficient (Wildman–Crippen LogP) is 1.04. The third kappa shape index (κ3) is 0.839. The highest BCUT2D eigenvalue weighted by Crippen LogP contribution is 2.29. The van der Waals surface area contributed by atoms with E-state index in [1.165, 1.54) is 0 Å². The van der Waals surface area contributed by atoms with Gasteiger partial charge in [0, 0.05) is 11.8 Å². The molecule has 3 nitrogen and oxygen atoms in total. The lowest BCUT2D eigenvalue weighted by molar-refractivity contribution is 1.30. The van der Waals surface area contributed by atoms with Gasteiger partial charge in [-0.1, -0.05) is 12.1 Å². The Morgan fingerprint density at radius 1 is 1.23 bits per heavy atom. The van der Waals surface area contributed by atoms with Crippen LogP contribution in [-0.2, 0) is 0 Å². The van der Waals surface area contributed by atoms with Crippen LogP contribution in [0.3, 0.4) is 0 Å². The van der Waals surface area contributed by atoms with Gasteiger partial charge in [-0.15, -0.1) is 0 Å². The number of amidine groups is 1. The molecule has 1 aromatic rings. The van der Waals surface area contributed by atoms with Crippen LogP contribution in [0.4, 0.5) is 5.69 Å². The van der Waals surface area contributed by atoms with Crippen molar-refractivity contribution in [2.24, 2.45) is 4.99 Å². The van der Waals surface area contributed by atoms with Crippen molar-refractivity contribution in [3.05, 3.63) is 36.0 Å². The predicted molar refractivity (Wildman–Crippen MR) is 52.8 cm³/mol. The average Bonchev–Trinajstić information content (AvgIpc) is 2.56. The van der Waals surface area contributed by atoms with Gasteiger partial charge >= 0.3 is 5.84 Å². The largest absolute Gasteiger partial charge is 0.332 e. The first kappa shape index (κ1) is 6.60. The molecular formula is C10H7N3+. The number of para-hydroxylation sites is 1. The molecule has 0 unspecified atom stereocenters. The van der Waals surface area contributed by atoms with Crippen molar-refractivity contribution in [2.45, 2.75) is 0 Å². The quantitative estimate of drug-likeness (QED) is 0.619. The Hall–Kier alpha value is -1.90. The summed E-state index contributed by atoms with van der Waals surface area (Å²) < 4.78 is 0. The first-order valence-electron chi connectivity index (χ1n) is 4.12. The molecule has 0 saturated carbocycles. The normalized spacial score (nSPS) is 16.9. The van der Waals surface area contributed by atoms with E-state index in [2.05, 4.69) is 21.4 Å². The molecule has 0 spiro atoms. The minimum Gasteiger partial charge on any atom is -0.227 e. The number of hydrogen-bond acceptors (Lipinski definition) is 3. The third-order valence-corrected chi connectivity index (χ3v) is 2.16. The molecule has 0 atom stereocenters. The minimum atomic E-state index is 0.899. The van der Waals surface area contributed by atoms with E-state index in [0.717, 1.165) is 22.7 Å². The van der Waals surface area contributed by atoms with Crippen LogP contribution in [0, 0.1) is 0 Å². The van der Waals surface area contributed by atoms with Crippen LogP contribution in [0.1, 0.15) is 5.56 Å². The fourth-order valence-corrected chi connectivity index (χ4v) is 1.56. The van der Waals surface area contributed by atoms with Crippen LogP contribution in [0.5, 0.6) is 0 Å². The Morgan fingerprint density at radius 2 is 2.15 bits per heavy atom. The Morgan fingerprint density at radius 3 is 3.15 bits per heavy atom. The maximum atomic E-state index is 4.42. The molecule has 0 aliphatic carbocycles. The minimum absolute atomic E-state index is 0.899. The number of fused-ring (bicyclic) bond motifs is 3. The molecule has 1 radical (unpaired) electrons. The summed E-state index contributed by atoms with van der Waals surface area (Å²) in [4.78, 5) is 8.46. The van der Waals surface area contributed by atoms with Crippen LogP contribution < -0.4 is 10.3 Å². The molecule has 13 heavy (non-hydrogen) atoms. The second-order valence-corrected chi connectivity index (χ2v) is 2.94. The molecular weight excluding hydrogens is 162 g/mol. The first-order chi connectivity index (χ1) is 6.45. The van der Waals surface area contributed by atoms with E-state index in [-0.39, 0.29) is 0 Å². The summed E-state index contributed by atoms with van der Waals surface area (Å²) in [5.41, 5.74) is 3.25. The lowest BCUT2D eigenvalue weighted by Crippen LogP contribution is -2.25. The third-order valence-electron chi connectivity index (χ3n) is 2.16. The maximum Gasteiger partial charge on any atom is 0.332 e. The summed E-state index contributed by atoms with van der Waals surface area (Å²) in [5, 5.41) is 3.02. The van der Waals surface area contributed by atoms with Crippen molar-refractivity contribution in [3.63, 3.8) is 0 Å². The van der Waals surface area contributed by atoms with Crippen LogP contribution in [0.2, 0.25) is 0 Å². The van der Waals surface area contributed by atoms with Crippen molar-refractivity contribution < 1.29 is 0 Å². The van der Waals surface area contributed by atoms with Gasteiger partial charge in [-0.3, -0.25) is 0 Å². The highest BCUT2D eigenvalue weighted by molar-refractivity contribution is 6.30. The number of nitrogens with zero attached hydrogens (tertiary/aromatic N) is 2. The zero-order chi connectivity index (χ0) is 8.67. The van der Waals surface area contributed by atoms with Gasteiger partial charge in [-0.05, 0) is 17.1 Å². The Bertz CT molecular complexity index is 455. The molecule has 0 bridgehead atoms. The average molecular weight is 169 g/mol. The van der Waals surface area contributed by atoms with Gasteiger partial charge in [0.05, 0.1) is 5.57 Å². The van der Waals surface area contributed by atoms with Gasteiger partial charge < -0.3 is 0 Å². The van der Waals surface area contributed by atoms with Gasteiger partial charge in [0.2, 0.25) is 0 Å². The SMILES string of the molecule is C1=NC=C2C(=[N+]c3ccccc32)N1. The number of benzene rings is 1. The monoisotopic (exact) mass is 169 g/mol. The molecule has 1 aromatic carbocycles. The second-order valence-electron chi connectivity index (χ2n) is 2.94. The molecule has 0 fully saturated rings. The maximum absolute atomic E-state index is 4.42. The Balaban J connectivity index is 2.26. The molecule has 2 aliphatic rings. The summed E-state index contributed by atoms with van der Waals surface area (Å²) in [6.45, 7) is 0.